The fourth-order valence-corrected chi connectivity index (χ4v) is 4.41. The maximum absolute atomic E-state index is 13.1. The zero-order valence-electron chi connectivity index (χ0n) is 19.0. The zero-order chi connectivity index (χ0) is 23.0. The van der Waals surface area contributed by atoms with Crippen LogP contribution in [0.25, 0.3) is 10.8 Å². The normalized spacial score (nSPS) is 18.9. The second-order valence-electron chi connectivity index (χ2n) is 8.96. The average Bonchev–Trinajstić information content (AvgIpc) is 3.59. The SMILES string of the molecule is O=C(CCCC/C=C(\COc1cccc2ccccc12)C(=O)NC1CCN(C2CC2)C1)NO. The van der Waals surface area contributed by atoms with Gasteiger partial charge in [-0.2, -0.15) is 0 Å². The number of likely N-dealkylation sites (tertiary alicyclic amines) is 1. The van der Waals surface area contributed by atoms with Crippen LogP contribution in [0.2, 0.25) is 0 Å². The van der Waals surface area contributed by atoms with Gasteiger partial charge in [-0.05, 0) is 50.0 Å². The Labute approximate surface area is 194 Å². The molecular weight excluding hydrogens is 418 g/mol. The van der Waals surface area contributed by atoms with Crippen molar-refractivity contribution in [2.24, 2.45) is 0 Å². The van der Waals surface area contributed by atoms with E-state index in [9.17, 15) is 9.59 Å². The Hall–Kier alpha value is -2.90. The molecular formula is C26H33N3O4. The number of hydrogen-bond donors (Lipinski definition) is 3. The number of allylic oxidation sites excluding steroid dienone is 1. The van der Waals surface area contributed by atoms with Crippen LogP contribution in [-0.4, -0.2) is 53.7 Å². The summed E-state index contributed by atoms with van der Waals surface area (Å²) >= 11 is 0. The van der Waals surface area contributed by atoms with Crippen LogP contribution >= 0.6 is 0 Å². The summed E-state index contributed by atoms with van der Waals surface area (Å²) in [4.78, 5) is 26.8. The number of carbonyl (C=O) groups is 2. The molecule has 1 saturated carbocycles. The Morgan fingerprint density at radius 1 is 1.09 bits per heavy atom. The summed E-state index contributed by atoms with van der Waals surface area (Å²) in [6.07, 6.45) is 7.77. The lowest BCUT2D eigenvalue weighted by atomic mass is 10.1. The molecule has 2 aromatic rings. The van der Waals surface area contributed by atoms with Crippen LogP contribution in [0.5, 0.6) is 5.75 Å². The lowest BCUT2D eigenvalue weighted by molar-refractivity contribution is -0.129. The van der Waals surface area contributed by atoms with Gasteiger partial charge in [0.25, 0.3) is 5.91 Å². The van der Waals surface area contributed by atoms with Crippen molar-refractivity contribution in [1.82, 2.24) is 15.7 Å². The number of rotatable bonds is 11. The number of benzene rings is 2. The van der Waals surface area contributed by atoms with E-state index in [0.717, 1.165) is 42.5 Å². The molecule has 2 fully saturated rings. The highest BCUT2D eigenvalue weighted by atomic mass is 16.5. The van der Waals surface area contributed by atoms with Gasteiger partial charge in [-0.3, -0.25) is 19.7 Å². The summed E-state index contributed by atoms with van der Waals surface area (Å²) < 4.78 is 6.11. The molecule has 7 nitrogen and oxygen atoms in total. The maximum atomic E-state index is 13.1. The van der Waals surface area contributed by atoms with Crippen molar-refractivity contribution in [1.29, 1.82) is 0 Å². The number of fused-ring (bicyclic) bond motifs is 1. The topological polar surface area (TPSA) is 90.9 Å². The smallest absolute Gasteiger partial charge is 0.250 e. The Kier molecular flexibility index (Phi) is 7.96. The highest BCUT2D eigenvalue weighted by Gasteiger charge is 2.35. The number of nitrogens with zero attached hydrogens (tertiary/aromatic N) is 1. The van der Waals surface area contributed by atoms with Gasteiger partial charge in [0.2, 0.25) is 5.91 Å². The second-order valence-corrected chi connectivity index (χ2v) is 8.96. The van der Waals surface area contributed by atoms with Crippen molar-refractivity contribution in [3.8, 4) is 5.75 Å². The summed E-state index contributed by atoms with van der Waals surface area (Å²) in [6, 6.07) is 14.8. The van der Waals surface area contributed by atoms with Crippen LogP contribution < -0.4 is 15.5 Å². The molecule has 0 radical (unpaired) electrons. The van der Waals surface area contributed by atoms with Gasteiger partial charge in [0, 0.05) is 37.0 Å². The van der Waals surface area contributed by atoms with E-state index in [0.29, 0.717) is 24.5 Å². The molecule has 2 aromatic carbocycles. The van der Waals surface area contributed by atoms with Gasteiger partial charge in [0.1, 0.15) is 12.4 Å². The quantitative estimate of drug-likeness (QED) is 0.210. The lowest BCUT2D eigenvalue weighted by Crippen LogP contribution is -2.39. The van der Waals surface area contributed by atoms with Crippen LogP contribution in [0.3, 0.4) is 0 Å². The molecule has 3 N–H and O–H groups in total. The molecule has 0 aromatic heterocycles. The Balaban J connectivity index is 1.38. The van der Waals surface area contributed by atoms with Crippen LogP contribution in [0.4, 0.5) is 0 Å². The van der Waals surface area contributed by atoms with Gasteiger partial charge in [0.15, 0.2) is 0 Å². The van der Waals surface area contributed by atoms with Crippen molar-refractivity contribution in [2.45, 2.75) is 57.0 Å². The number of hydroxylamine groups is 1. The van der Waals surface area contributed by atoms with Crippen molar-refractivity contribution in [3.63, 3.8) is 0 Å². The fraction of sp³-hybridized carbons (Fsp3) is 0.462. The first-order chi connectivity index (χ1) is 16.1. The largest absolute Gasteiger partial charge is 0.488 e. The lowest BCUT2D eigenvalue weighted by Gasteiger charge is -2.17. The Morgan fingerprint density at radius 2 is 1.91 bits per heavy atom. The Morgan fingerprint density at radius 3 is 2.73 bits per heavy atom. The van der Waals surface area contributed by atoms with Crippen molar-refractivity contribution < 1.29 is 19.5 Å². The average molecular weight is 452 g/mol. The zero-order valence-corrected chi connectivity index (χ0v) is 19.0. The van der Waals surface area contributed by atoms with Gasteiger partial charge >= 0.3 is 0 Å². The van der Waals surface area contributed by atoms with Crippen LogP contribution in [-0.2, 0) is 9.59 Å². The van der Waals surface area contributed by atoms with Gasteiger partial charge in [0.05, 0.1) is 5.57 Å². The monoisotopic (exact) mass is 451 g/mol. The number of amides is 2. The maximum Gasteiger partial charge on any atom is 0.250 e. The molecule has 0 bridgehead atoms. The van der Waals surface area contributed by atoms with Crippen LogP contribution in [0, 0.1) is 0 Å². The summed E-state index contributed by atoms with van der Waals surface area (Å²) in [5.74, 6) is 0.288. The van der Waals surface area contributed by atoms with Gasteiger partial charge < -0.3 is 10.1 Å². The number of carbonyl (C=O) groups excluding carboxylic acids is 2. The highest BCUT2D eigenvalue weighted by molar-refractivity contribution is 5.94. The molecule has 1 aliphatic heterocycles. The number of ether oxygens (including phenoxy) is 1. The van der Waals surface area contributed by atoms with E-state index in [2.05, 4.69) is 10.2 Å². The molecule has 176 valence electrons. The molecule has 1 atom stereocenters. The second kappa shape index (κ2) is 11.3. The molecule has 33 heavy (non-hydrogen) atoms. The number of hydrogen-bond acceptors (Lipinski definition) is 5. The number of unbranched alkanes of at least 4 members (excludes halogenated alkanes) is 2. The molecule has 1 aliphatic carbocycles. The Bertz CT molecular complexity index is 997. The van der Waals surface area contributed by atoms with E-state index >= 15 is 0 Å². The predicted molar refractivity (Wildman–Crippen MR) is 127 cm³/mol. The standard InChI is InChI=1S/C26H33N3O4/c30-25(28-32)12-3-1-2-8-20(26(31)27-21-15-16-29(17-21)22-13-14-22)18-33-24-11-6-9-19-7-4-5-10-23(19)24/h4-11,21-22,32H,1-3,12-18H2,(H,27,31)(H,28,30)/b20-8+. The first kappa shape index (κ1) is 23.3. The summed E-state index contributed by atoms with van der Waals surface area (Å²) in [5, 5.41) is 13.9. The van der Waals surface area contributed by atoms with E-state index < -0.39 is 5.91 Å². The first-order valence-electron chi connectivity index (χ1n) is 11.9. The molecule has 7 heteroatoms. The van der Waals surface area contributed by atoms with Gasteiger partial charge in [-0.25, -0.2) is 5.48 Å². The van der Waals surface area contributed by atoms with Crippen molar-refractivity contribution in [3.05, 3.63) is 54.1 Å². The molecule has 0 spiro atoms. The molecule has 1 heterocycles. The first-order valence-corrected chi connectivity index (χ1v) is 11.9. The minimum absolute atomic E-state index is 0.0778. The van der Waals surface area contributed by atoms with Crippen molar-refractivity contribution in [2.75, 3.05) is 19.7 Å². The third-order valence-electron chi connectivity index (χ3n) is 6.42. The molecule has 4 rings (SSSR count). The van der Waals surface area contributed by atoms with Crippen molar-refractivity contribution >= 4 is 22.6 Å². The minimum atomic E-state index is -0.391. The fourth-order valence-electron chi connectivity index (χ4n) is 4.41. The third-order valence-corrected chi connectivity index (χ3v) is 6.42. The summed E-state index contributed by atoms with van der Waals surface area (Å²) in [5.41, 5.74) is 2.26. The third kappa shape index (κ3) is 6.55. The van der Waals surface area contributed by atoms with Gasteiger partial charge in [-0.15, -0.1) is 0 Å². The van der Waals surface area contributed by atoms with E-state index in [1.165, 1.54) is 12.8 Å². The highest BCUT2D eigenvalue weighted by Crippen LogP contribution is 2.30. The van der Waals surface area contributed by atoms with Crippen LogP contribution in [0.15, 0.2) is 54.1 Å². The van der Waals surface area contributed by atoms with Crippen LogP contribution in [0.1, 0.15) is 44.9 Å². The van der Waals surface area contributed by atoms with E-state index in [4.69, 9.17) is 9.94 Å². The molecule has 2 amide bonds. The molecule has 1 unspecified atom stereocenters. The predicted octanol–water partition coefficient (Wildman–Crippen LogP) is 3.56. The van der Waals surface area contributed by atoms with E-state index in [-0.39, 0.29) is 25.0 Å². The van der Waals surface area contributed by atoms with E-state index in [1.807, 2.05) is 48.5 Å². The van der Waals surface area contributed by atoms with E-state index in [1.54, 1.807) is 5.48 Å². The van der Waals surface area contributed by atoms with Gasteiger partial charge in [-0.1, -0.05) is 42.5 Å². The molecule has 2 aliphatic rings. The summed E-state index contributed by atoms with van der Waals surface area (Å²) in [6.45, 7) is 2.16. The summed E-state index contributed by atoms with van der Waals surface area (Å²) in [7, 11) is 0. The molecule has 1 saturated heterocycles. The minimum Gasteiger partial charge on any atom is -0.488 e. The number of nitrogens with one attached hydrogen (secondary N) is 2.